The first-order chi connectivity index (χ1) is 8.15. The van der Waals surface area contributed by atoms with Gasteiger partial charge in [0.15, 0.2) is 0 Å². The minimum atomic E-state index is -0.363. The van der Waals surface area contributed by atoms with E-state index in [1.807, 2.05) is 24.3 Å². The number of hydrogen-bond acceptors (Lipinski definition) is 2. The topological polar surface area (TPSA) is 40.5 Å². The summed E-state index contributed by atoms with van der Waals surface area (Å²) in [6.07, 6.45) is 3.66. The van der Waals surface area contributed by atoms with Crippen molar-refractivity contribution in [2.75, 3.05) is 13.1 Å². The molecule has 0 bridgehead atoms. The van der Waals surface area contributed by atoms with Crippen molar-refractivity contribution in [2.24, 2.45) is 0 Å². The number of hydrogen-bond donors (Lipinski definition) is 1. The lowest BCUT2D eigenvalue weighted by Gasteiger charge is -2.12. The van der Waals surface area contributed by atoms with Crippen molar-refractivity contribution in [3.63, 3.8) is 0 Å². The van der Waals surface area contributed by atoms with Crippen molar-refractivity contribution in [2.45, 2.75) is 12.5 Å². The molecule has 1 N–H and O–H groups in total. The summed E-state index contributed by atoms with van der Waals surface area (Å²) in [5.41, 5.74) is 0.979. The van der Waals surface area contributed by atoms with Gasteiger partial charge in [-0.05, 0) is 30.2 Å². The molecule has 2 rings (SSSR count). The first-order valence-electron chi connectivity index (χ1n) is 5.56. The predicted octanol–water partition coefficient (Wildman–Crippen LogP) is 2.06. The van der Waals surface area contributed by atoms with E-state index in [9.17, 15) is 9.90 Å². The Labute approximate surface area is 109 Å². The molecule has 1 aliphatic rings. The molecule has 1 amide bonds. The van der Waals surface area contributed by atoms with Gasteiger partial charge in [0.25, 0.3) is 0 Å². The molecular formula is C13H14BrNO2. The van der Waals surface area contributed by atoms with Crippen LogP contribution in [-0.4, -0.2) is 35.1 Å². The normalized spacial score (nSPS) is 20.1. The minimum Gasteiger partial charge on any atom is -0.391 e. The van der Waals surface area contributed by atoms with Gasteiger partial charge in [0.05, 0.1) is 6.10 Å². The lowest BCUT2D eigenvalue weighted by molar-refractivity contribution is -0.125. The van der Waals surface area contributed by atoms with Crippen molar-refractivity contribution in [3.8, 4) is 0 Å². The maximum atomic E-state index is 11.8. The number of aliphatic hydroxyl groups is 1. The third-order valence-corrected chi connectivity index (χ3v) is 3.24. The highest BCUT2D eigenvalue weighted by atomic mass is 79.9. The average Bonchev–Trinajstić information content (AvgIpc) is 2.73. The molecule has 1 atom stereocenters. The molecule has 3 nitrogen and oxygen atoms in total. The Morgan fingerprint density at radius 3 is 3.00 bits per heavy atom. The van der Waals surface area contributed by atoms with Gasteiger partial charge in [0.1, 0.15) is 0 Å². The Morgan fingerprint density at radius 1 is 1.53 bits per heavy atom. The summed E-state index contributed by atoms with van der Waals surface area (Å²) >= 11 is 3.38. The summed E-state index contributed by atoms with van der Waals surface area (Å²) in [7, 11) is 0. The number of likely N-dealkylation sites (tertiary alicyclic amines) is 1. The molecule has 0 radical (unpaired) electrons. The van der Waals surface area contributed by atoms with Crippen LogP contribution in [0.3, 0.4) is 0 Å². The maximum absolute atomic E-state index is 11.8. The number of benzene rings is 1. The molecule has 90 valence electrons. The van der Waals surface area contributed by atoms with Crippen LogP contribution in [0.2, 0.25) is 0 Å². The van der Waals surface area contributed by atoms with Gasteiger partial charge in [-0.3, -0.25) is 4.79 Å². The predicted molar refractivity (Wildman–Crippen MR) is 70.4 cm³/mol. The molecule has 1 aromatic carbocycles. The molecule has 0 aromatic heterocycles. The molecule has 1 fully saturated rings. The standard InChI is InChI=1S/C13H14BrNO2/c14-11-3-1-2-10(8-11)4-5-13(17)15-7-6-12(16)9-15/h1-5,8,12,16H,6-7,9H2/b5-4+/t12-/m0/s1. The fraction of sp³-hybridized carbons (Fsp3) is 0.308. The smallest absolute Gasteiger partial charge is 0.246 e. The second kappa shape index (κ2) is 5.47. The average molecular weight is 296 g/mol. The Hall–Kier alpha value is -1.13. The molecule has 4 heteroatoms. The van der Waals surface area contributed by atoms with Crippen LogP contribution in [0.1, 0.15) is 12.0 Å². The van der Waals surface area contributed by atoms with Crippen molar-refractivity contribution in [3.05, 3.63) is 40.4 Å². The van der Waals surface area contributed by atoms with E-state index in [0.717, 1.165) is 10.0 Å². The van der Waals surface area contributed by atoms with Crippen LogP contribution in [0.25, 0.3) is 6.08 Å². The van der Waals surface area contributed by atoms with Gasteiger partial charge < -0.3 is 10.0 Å². The van der Waals surface area contributed by atoms with Crippen molar-refractivity contribution in [1.29, 1.82) is 0 Å². The molecule has 0 spiro atoms. The highest BCUT2D eigenvalue weighted by molar-refractivity contribution is 9.10. The van der Waals surface area contributed by atoms with Gasteiger partial charge in [-0.25, -0.2) is 0 Å². The highest BCUT2D eigenvalue weighted by Crippen LogP contribution is 2.14. The molecule has 0 saturated carbocycles. The van der Waals surface area contributed by atoms with Crippen LogP contribution in [0.5, 0.6) is 0 Å². The Bertz CT molecular complexity index is 445. The van der Waals surface area contributed by atoms with E-state index in [4.69, 9.17) is 0 Å². The van der Waals surface area contributed by atoms with E-state index in [-0.39, 0.29) is 12.0 Å². The number of rotatable bonds is 2. The molecule has 0 unspecified atom stereocenters. The third kappa shape index (κ3) is 3.41. The van der Waals surface area contributed by atoms with E-state index in [0.29, 0.717) is 19.5 Å². The number of β-amino-alcohol motifs (C(OH)–C–C–N with tert-alkyl or cyclic N) is 1. The fourth-order valence-corrected chi connectivity index (χ4v) is 2.24. The SMILES string of the molecule is O=C(/C=C/c1cccc(Br)c1)N1CC[C@H](O)C1. The summed E-state index contributed by atoms with van der Waals surface area (Å²) < 4.78 is 0.990. The van der Waals surface area contributed by atoms with Gasteiger partial charge >= 0.3 is 0 Å². The van der Waals surface area contributed by atoms with Crippen molar-refractivity contribution < 1.29 is 9.90 Å². The van der Waals surface area contributed by atoms with E-state index in [2.05, 4.69) is 15.9 Å². The first kappa shape index (κ1) is 12.3. The second-order valence-corrected chi connectivity index (χ2v) is 5.03. The summed E-state index contributed by atoms with van der Waals surface area (Å²) in [5, 5.41) is 9.35. The molecule has 17 heavy (non-hydrogen) atoms. The molecule has 0 aliphatic carbocycles. The fourth-order valence-electron chi connectivity index (χ4n) is 1.83. The Morgan fingerprint density at radius 2 is 2.35 bits per heavy atom. The van der Waals surface area contributed by atoms with Crippen LogP contribution in [0.15, 0.2) is 34.8 Å². The Balaban J connectivity index is 1.98. The quantitative estimate of drug-likeness (QED) is 0.849. The van der Waals surface area contributed by atoms with Gasteiger partial charge in [0, 0.05) is 23.6 Å². The minimum absolute atomic E-state index is 0.0403. The molecule has 1 aliphatic heterocycles. The lowest BCUT2D eigenvalue weighted by Crippen LogP contribution is -2.27. The van der Waals surface area contributed by atoms with Gasteiger partial charge in [-0.2, -0.15) is 0 Å². The number of nitrogens with zero attached hydrogens (tertiary/aromatic N) is 1. The number of carbonyl (C=O) groups excluding carboxylic acids is 1. The van der Waals surface area contributed by atoms with Crippen LogP contribution >= 0.6 is 15.9 Å². The van der Waals surface area contributed by atoms with Crippen LogP contribution in [0, 0.1) is 0 Å². The van der Waals surface area contributed by atoms with Crippen molar-refractivity contribution >= 4 is 27.9 Å². The lowest BCUT2D eigenvalue weighted by atomic mass is 10.2. The van der Waals surface area contributed by atoms with E-state index >= 15 is 0 Å². The molecule has 1 aromatic rings. The maximum Gasteiger partial charge on any atom is 0.246 e. The number of halogens is 1. The second-order valence-electron chi connectivity index (χ2n) is 4.12. The number of carbonyl (C=O) groups is 1. The first-order valence-corrected chi connectivity index (χ1v) is 6.35. The van der Waals surface area contributed by atoms with E-state index in [1.54, 1.807) is 17.1 Å². The number of amides is 1. The van der Waals surface area contributed by atoms with Gasteiger partial charge in [-0.1, -0.05) is 28.1 Å². The molecule has 1 saturated heterocycles. The van der Waals surface area contributed by atoms with Crippen LogP contribution < -0.4 is 0 Å². The zero-order chi connectivity index (χ0) is 12.3. The summed E-state index contributed by atoms with van der Waals surface area (Å²) in [6, 6.07) is 7.75. The zero-order valence-corrected chi connectivity index (χ0v) is 10.9. The molecular weight excluding hydrogens is 282 g/mol. The molecule has 1 heterocycles. The van der Waals surface area contributed by atoms with Crippen LogP contribution in [-0.2, 0) is 4.79 Å². The summed E-state index contributed by atoms with van der Waals surface area (Å²) in [6.45, 7) is 1.09. The largest absolute Gasteiger partial charge is 0.391 e. The summed E-state index contributed by atoms with van der Waals surface area (Å²) in [5.74, 6) is -0.0403. The van der Waals surface area contributed by atoms with E-state index < -0.39 is 0 Å². The van der Waals surface area contributed by atoms with E-state index in [1.165, 1.54) is 0 Å². The Kier molecular flexibility index (Phi) is 3.97. The number of aliphatic hydroxyl groups excluding tert-OH is 1. The van der Waals surface area contributed by atoms with Gasteiger partial charge in [-0.15, -0.1) is 0 Å². The monoisotopic (exact) mass is 295 g/mol. The third-order valence-electron chi connectivity index (χ3n) is 2.74. The zero-order valence-electron chi connectivity index (χ0n) is 9.34. The summed E-state index contributed by atoms with van der Waals surface area (Å²) in [4.78, 5) is 13.4. The van der Waals surface area contributed by atoms with Crippen LogP contribution in [0.4, 0.5) is 0 Å². The highest BCUT2D eigenvalue weighted by Gasteiger charge is 2.22. The van der Waals surface area contributed by atoms with Crippen molar-refractivity contribution in [1.82, 2.24) is 4.90 Å². The van der Waals surface area contributed by atoms with Gasteiger partial charge in [0.2, 0.25) is 5.91 Å².